The van der Waals surface area contributed by atoms with Crippen molar-refractivity contribution in [3.63, 3.8) is 0 Å². The van der Waals surface area contributed by atoms with Crippen LogP contribution in [0.1, 0.15) is 38.3 Å². The molecule has 1 aromatic rings. The van der Waals surface area contributed by atoms with Crippen LogP contribution in [0.5, 0.6) is 0 Å². The van der Waals surface area contributed by atoms with Crippen LogP contribution in [0.25, 0.3) is 0 Å². The summed E-state index contributed by atoms with van der Waals surface area (Å²) < 4.78 is 5.27. The summed E-state index contributed by atoms with van der Waals surface area (Å²) in [5.74, 6) is 0. The van der Waals surface area contributed by atoms with Gasteiger partial charge in [0.15, 0.2) is 0 Å². The minimum Gasteiger partial charge on any atom is -0.444 e. The molecule has 1 rings (SSSR count). The Morgan fingerprint density at radius 2 is 2.05 bits per heavy atom. The molecule has 0 aromatic heterocycles. The molecule has 1 aromatic carbocycles. The molecule has 0 radical (unpaired) electrons. The summed E-state index contributed by atoms with van der Waals surface area (Å²) in [6, 6.07) is 6.01. The van der Waals surface area contributed by atoms with Crippen LogP contribution in [0.3, 0.4) is 0 Å². The molecule has 0 saturated heterocycles. The predicted octanol–water partition coefficient (Wildman–Crippen LogP) is 3.23. The molecular formula is C15H24N2O2. The largest absolute Gasteiger partial charge is 0.444 e. The van der Waals surface area contributed by atoms with E-state index < -0.39 is 11.7 Å². The number of rotatable bonds is 4. The molecule has 4 nitrogen and oxygen atoms in total. The molecular weight excluding hydrogens is 240 g/mol. The molecule has 3 N–H and O–H groups in total. The van der Waals surface area contributed by atoms with Crippen molar-refractivity contribution in [2.45, 2.75) is 46.1 Å². The summed E-state index contributed by atoms with van der Waals surface area (Å²) in [5, 5.41) is 2.81. The van der Waals surface area contributed by atoms with Crippen LogP contribution in [-0.2, 0) is 11.2 Å². The Morgan fingerprint density at radius 3 is 2.63 bits per heavy atom. The molecule has 0 aliphatic heterocycles. The van der Waals surface area contributed by atoms with Gasteiger partial charge in [-0.3, -0.25) is 5.32 Å². The molecule has 0 spiro atoms. The average Bonchev–Trinajstić information content (AvgIpc) is 2.25. The minimum atomic E-state index is -0.495. The first-order valence-electron chi connectivity index (χ1n) is 6.61. The van der Waals surface area contributed by atoms with E-state index in [0.717, 1.165) is 29.7 Å². The van der Waals surface area contributed by atoms with E-state index in [1.165, 1.54) is 0 Å². The number of benzene rings is 1. The van der Waals surface area contributed by atoms with Crippen molar-refractivity contribution in [3.05, 3.63) is 29.3 Å². The molecule has 0 aliphatic rings. The number of hydrogen-bond acceptors (Lipinski definition) is 3. The minimum absolute atomic E-state index is 0.424. The molecule has 0 heterocycles. The first-order valence-corrected chi connectivity index (χ1v) is 6.61. The van der Waals surface area contributed by atoms with E-state index in [4.69, 9.17) is 10.5 Å². The summed E-state index contributed by atoms with van der Waals surface area (Å²) >= 11 is 0. The lowest BCUT2D eigenvalue weighted by Crippen LogP contribution is -2.27. The summed E-state index contributed by atoms with van der Waals surface area (Å²) in [5.41, 5.74) is 8.03. The highest BCUT2D eigenvalue weighted by Crippen LogP contribution is 2.20. The van der Waals surface area contributed by atoms with Crippen molar-refractivity contribution in [3.8, 4) is 0 Å². The molecule has 0 atom stereocenters. The van der Waals surface area contributed by atoms with Gasteiger partial charge in [0, 0.05) is 5.69 Å². The first kappa shape index (κ1) is 15.5. The van der Waals surface area contributed by atoms with Crippen LogP contribution in [0, 0.1) is 6.92 Å². The average molecular weight is 264 g/mol. The van der Waals surface area contributed by atoms with E-state index in [2.05, 4.69) is 5.32 Å². The second-order valence-corrected chi connectivity index (χ2v) is 5.68. The number of anilines is 1. The van der Waals surface area contributed by atoms with E-state index in [9.17, 15) is 4.79 Å². The number of amides is 1. The molecule has 0 aliphatic carbocycles. The summed E-state index contributed by atoms with van der Waals surface area (Å²) in [6.45, 7) is 8.17. The molecule has 19 heavy (non-hydrogen) atoms. The zero-order valence-electron chi connectivity index (χ0n) is 12.2. The molecule has 0 bridgehead atoms. The van der Waals surface area contributed by atoms with Crippen molar-refractivity contribution in [2.75, 3.05) is 11.9 Å². The van der Waals surface area contributed by atoms with Crippen LogP contribution < -0.4 is 11.1 Å². The van der Waals surface area contributed by atoms with Gasteiger partial charge in [0.1, 0.15) is 5.60 Å². The zero-order chi connectivity index (χ0) is 14.5. The topological polar surface area (TPSA) is 64.3 Å². The lowest BCUT2D eigenvalue weighted by Gasteiger charge is -2.20. The van der Waals surface area contributed by atoms with Gasteiger partial charge in [-0.2, -0.15) is 0 Å². The van der Waals surface area contributed by atoms with Gasteiger partial charge in [-0.15, -0.1) is 0 Å². The molecule has 1 amide bonds. The van der Waals surface area contributed by atoms with E-state index in [1.807, 2.05) is 45.9 Å². The van der Waals surface area contributed by atoms with Crippen molar-refractivity contribution in [2.24, 2.45) is 5.73 Å². The normalized spacial score (nSPS) is 11.2. The summed E-state index contributed by atoms with van der Waals surface area (Å²) in [7, 11) is 0. The second kappa shape index (κ2) is 6.57. The van der Waals surface area contributed by atoms with Gasteiger partial charge in [0.05, 0.1) is 0 Å². The monoisotopic (exact) mass is 264 g/mol. The highest BCUT2D eigenvalue weighted by atomic mass is 16.6. The first-order chi connectivity index (χ1) is 8.81. The van der Waals surface area contributed by atoms with E-state index in [0.29, 0.717) is 6.54 Å². The smallest absolute Gasteiger partial charge is 0.412 e. The maximum atomic E-state index is 11.8. The number of carbonyl (C=O) groups is 1. The van der Waals surface area contributed by atoms with E-state index >= 15 is 0 Å². The molecule has 0 fully saturated rings. The van der Waals surface area contributed by atoms with Gasteiger partial charge in [0.25, 0.3) is 0 Å². The number of nitrogens with two attached hydrogens (primary N) is 1. The lowest BCUT2D eigenvalue weighted by molar-refractivity contribution is 0.0636. The molecule has 0 unspecified atom stereocenters. The molecule has 0 saturated carbocycles. The van der Waals surface area contributed by atoms with Gasteiger partial charge in [-0.05, 0) is 64.3 Å². The third kappa shape index (κ3) is 5.75. The second-order valence-electron chi connectivity index (χ2n) is 5.68. The number of carbonyl (C=O) groups excluding carboxylic acids is 1. The third-order valence-corrected chi connectivity index (χ3v) is 2.55. The van der Waals surface area contributed by atoms with Gasteiger partial charge in [0.2, 0.25) is 0 Å². The van der Waals surface area contributed by atoms with E-state index in [-0.39, 0.29) is 0 Å². The highest BCUT2D eigenvalue weighted by molar-refractivity contribution is 5.86. The quantitative estimate of drug-likeness (QED) is 0.877. The number of ether oxygens (including phenoxy) is 1. The van der Waals surface area contributed by atoms with E-state index in [1.54, 1.807) is 0 Å². The zero-order valence-corrected chi connectivity index (χ0v) is 12.2. The lowest BCUT2D eigenvalue weighted by atomic mass is 10.1. The van der Waals surface area contributed by atoms with Crippen LogP contribution in [-0.4, -0.2) is 18.2 Å². The summed E-state index contributed by atoms with van der Waals surface area (Å²) in [6.07, 6.45) is 1.32. The molecule has 4 heteroatoms. The Kier molecular flexibility index (Phi) is 5.36. The Labute approximate surface area is 115 Å². The SMILES string of the molecule is Cc1ccc(CCCN)c(NC(=O)OC(C)(C)C)c1. The van der Waals surface area contributed by atoms with Crippen molar-refractivity contribution in [1.29, 1.82) is 0 Å². The Bertz CT molecular complexity index is 436. The Morgan fingerprint density at radius 1 is 1.37 bits per heavy atom. The molecule has 106 valence electrons. The Hall–Kier alpha value is -1.55. The summed E-state index contributed by atoms with van der Waals surface area (Å²) in [4.78, 5) is 11.8. The van der Waals surface area contributed by atoms with Gasteiger partial charge < -0.3 is 10.5 Å². The van der Waals surface area contributed by atoms with Crippen LogP contribution in [0.2, 0.25) is 0 Å². The van der Waals surface area contributed by atoms with Crippen molar-refractivity contribution in [1.82, 2.24) is 0 Å². The van der Waals surface area contributed by atoms with Crippen LogP contribution in [0.4, 0.5) is 10.5 Å². The van der Waals surface area contributed by atoms with Gasteiger partial charge in [-0.1, -0.05) is 12.1 Å². The third-order valence-electron chi connectivity index (χ3n) is 2.55. The fourth-order valence-electron chi connectivity index (χ4n) is 1.73. The highest BCUT2D eigenvalue weighted by Gasteiger charge is 2.17. The fourth-order valence-corrected chi connectivity index (χ4v) is 1.73. The predicted molar refractivity (Wildman–Crippen MR) is 78.4 cm³/mol. The fraction of sp³-hybridized carbons (Fsp3) is 0.533. The number of nitrogens with one attached hydrogen (secondary N) is 1. The maximum Gasteiger partial charge on any atom is 0.412 e. The number of hydrogen-bond donors (Lipinski definition) is 2. The maximum absolute atomic E-state index is 11.8. The van der Waals surface area contributed by atoms with Crippen molar-refractivity contribution < 1.29 is 9.53 Å². The van der Waals surface area contributed by atoms with Gasteiger partial charge in [-0.25, -0.2) is 4.79 Å². The van der Waals surface area contributed by atoms with Crippen LogP contribution in [0.15, 0.2) is 18.2 Å². The number of aryl methyl sites for hydroxylation is 2. The van der Waals surface area contributed by atoms with Crippen molar-refractivity contribution >= 4 is 11.8 Å². The van der Waals surface area contributed by atoms with Crippen LogP contribution >= 0.6 is 0 Å². The standard InChI is InChI=1S/C15H24N2O2/c1-11-7-8-12(6-5-9-16)13(10-11)17-14(18)19-15(2,3)4/h7-8,10H,5-6,9,16H2,1-4H3,(H,17,18). The Balaban J connectivity index is 2.80. The van der Waals surface area contributed by atoms with Gasteiger partial charge >= 0.3 is 6.09 Å².